The quantitative estimate of drug-likeness (QED) is 0.0826. The van der Waals surface area contributed by atoms with Crippen molar-refractivity contribution in [1.82, 2.24) is 26.6 Å². The van der Waals surface area contributed by atoms with E-state index in [0.29, 0.717) is 0 Å². The lowest BCUT2D eigenvalue weighted by Gasteiger charge is -2.19. The summed E-state index contributed by atoms with van der Waals surface area (Å²) in [5.41, 5.74) is 43.7. The van der Waals surface area contributed by atoms with E-state index in [2.05, 4.69) is 26.6 Å². The molecule has 0 unspecified atom stereocenters. The van der Waals surface area contributed by atoms with Crippen LogP contribution in [0, 0.1) is 0 Å². The predicted molar refractivity (Wildman–Crippen MR) is 131 cm³/mol. The van der Waals surface area contributed by atoms with Gasteiger partial charge in [0, 0.05) is 39.3 Å². The van der Waals surface area contributed by atoms with Gasteiger partial charge in [-0.3, -0.25) is 28.8 Å². The highest BCUT2D eigenvalue weighted by Crippen LogP contribution is 1.86. The Balaban J connectivity index is 4.31. The standard InChI is InChI=1S/C18H39N13O6/c19-1-7(20)14(33)28-3-9(22)16(35)30-5-11(24)18(37)31-6-12(25)17(36)29-4-10(23)15(34)27-2-8(21)13(26)32/h7-12H,1-6,19-25H2,(H2,26,32)(H,27,34)(H,28,33)(H,29,36)(H,30,35)(H,31,37)/t7-,8-,9-,10-,11-,12-/m0/s1. The van der Waals surface area contributed by atoms with E-state index >= 15 is 0 Å². The molecule has 0 rings (SSSR count). The Hall–Kier alpha value is -3.46. The van der Waals surface area contributed by atoms with E-state index in [1.807, 2.05) is 0 Å². The zero-order chi connectivity index (χ0) is 28.7. The van der Waals surface area contributed by atoms with E-state index in [4.69, 9.17) is 45.9 Å². The summed E-state index contributed by atoms with van der Waals surface area (Å²) in [6.07, 6.45) is 0. The summed E-state index contributed by atoms with van der Waals surface area (Å²) in [4.78, 5) is 70.4. The first kappa shape index (κ1) is 33.5. The van der Waals surface area contributed by atoms with E-state index in [1.54, 1.807) is 0 Å². The molecule has 19 nitrogen and oxygen atoms in total. The Morgan fingerprint density at radius 2 is 0.649 bits per heavy atom. The number of nitrogens with two attached hydrogens (primary N) is 8. The predicted octanol–water partition coefficient (Wildman–Crippen LogP) is -10.0. The number of carbonyl (C=O) groups excluding carboxylic acids is 6. The molecule has 6 amide bonds. The number of rotatable bonds is 17. The minimum absolute atomic E-state index is 0.0808. The van der Waals surface area contributed by atoms with Crippen molar-refractivity contribution in [3.8, 4) is 0 Å². The van der Waals surface area contributed by atoms with Gasteiger partial charge in [0.25, 0.3) is 0 Å². The third-order valence-corrected chi connectivity index (χ3v) is 4.78. The second-order valence-electron chi connectivity index (χ2n) is 8.00. The molecule has 0 bridgehead atoms. The average molecular weight is 534 g/mol. The normalized spacial score (nSPS) is 15.6. The minimum Gasteiger partial charge on any atom is -0.368 e. The second kappa shape index (κ2) is 17.1. The fourth-order valence-corrected chi connectivity index (χ4v) is 2.29. The van der Waals surface area contributed by atoms with Gasteiger partial charge in [0.1, 0.15) is 30.2 Å². The van der Waals surface area contributed by atoms with Crippen molar-refractivity contribution in [2.75, 3.05) is 39.3 Å². The van der Waals surface area contributed by atoms with Gasteiger partial charge < -0.3 is 72.5 Å². The van der Waals surface area contributed by atoms with Crippen LogP contribution in [0.3, 0.4) is 0 Å². The Labute approximate surface area is 212 Å². The van der Waals surface area contributed by atoms with Crippen molar-refractivity contribution in [2.45, 2.75) is 36.3 Å². The summed E-state index contributed by atoms with van der Waals surface area (Å²) in [5.74, 6) is -4.19. The largest absolute Gasteiger partial charge is 0.368 e. The van der Waals surface area contributed by atoms with Gasteiger partial charge in [-0.1, -0.05) is 0 Å². The minimum atomic E-state index is -1.21. The van der Waals surface area contributed by atoms with Crippen molar-refractivity contribution in [3.63, 3.8) is 0 Å². The van der Waals surface area contributed by atoms with Crippen LogP contribution < -0.4 is 72.5 Å². The molecule has 0 saturated heterocycles. The van der Waals surface area contributed by atoms with E-state index in [-0.39, 0.29) is 39.3 Å². The zero-order valence-electron chi connectivity index (χ0n) is 20.3. The number of hydrogen-bond acceptors (Lipinski definition) is 13. The van der Waals surface area contributed by atoms with Crippen LogP contribution in [-0.2, 0) is 28.8 Å². The van der Waals surface area contributed by atoms with Crippen LogP contribution in [0.2, 0.25) is 0 Å². The molecule has 0 aromatic rings. The number of amides is 6. The summed E-state index contributed by atoms with van der Waals surface area (Å²) >= 11 is 0. The lowest BCUT2D eigenvalue weighted by Crippen LogP contribution is -2.57. The zero-order valence-corrected chi connectivity index (χ0v) is 20.3. The number of carbonyl (C=O) groups is 6. The van der Waals surface area contributed by atoms with Gasteiger partial charge in [0.2, 0.25) is 35.4 Å². The van der Waals surface area contributed by atoms with Gasteiger partial charge in [-0.25, -0.2) is 0 Å². The summed E-state index contributed by atoms with van der Waals surface area (Å²) in [6.45, 7) is -1.41. The molecule has 0 aromatic heterocycles. The lowest BCUT2D eigenvalue weighted by atomic mass is 10.2. The SMILES string of the molecule is NC[C@H](N)C(=O)NC[C@H](N)C(=O)NC[C@H](N)C(=O)NC[C@H](N)C(=O)NC[C@H](N)C(=O)NC[C@H](N)C(N)=O. The van der Waals surface area contributed by atoms with Crippen LogP contribution in [-0.4, -0.2) is 111 Å². The molecule has 6 atom stereocenters. The van der Waals surface area contributed by atoms with E-state index in [1.165, 1.54) is 0 Å². The highest BCUT2D eigenvalue weighted by Gasteiger charge is 2.22. The molecule has 0 aliphatic rings. The number of primary amides is 1. The summed E-state index contributed by atoms with van der Waals surface area (Å²) in [5, 5.41) is 11.7. The van der Waals surface area contributed by atoms with Crippen molar-refractivity contribution in [1.29, 1.82) is 0 Å². The van der Waals surface area contributed by atoms with E-state index < -0.39 is 71.7 Å². The van der Waals surface area contributed by atoms with Gasteiger partial charge in [-0.2, -0.15) is 0 Å². The summed E-state index contributed by atoms with van der Waals surface area (Å²) in [7, 11) is 0. The first-order valence-corrected chi connectivity index (χ1v) is 11.1. The molecule has 212 valence electrons. The third-order valence-electron chi connectivity index (χ3n) is 4.78. The van der Waals surface area contributed by atoms with Crippen LogP contribution in [0.15, 0.2) is 0 Å². The Bertz CT molecular complexity index is 813. The fraction of sp³-hybridized carbons (Fsp3) is 0.667. The number of hydrogen-bond donors (Lipinski definition) is 13. The molecule has 0 aliphatic heterocycles. The van der Waals surface area contributed by atoms with Crippen molar-refractivity contribution in [2.24, 2.45) is 45.9 Å². The van der Waals surface area contributed by atoms with Crippen LogP contribution in [0.4, 0.5) is 0 Å². The van der Waals surface area contributed by atoms with Crippen molar-refractivity contribution < 1.29 is 28.8 Å². The maximum absolute atomic E-state index is 12.1. The van der Waals surface area contributed by atoms with Crippen LogP contribution in [0.25, 0.3) is 0 Å². The molecule has 0 fully saturated rings. The van der Waals surface area contributed by atoms with E-state index in [0.717, 1.165) is 0 Å². The smallest absolute Gasteiger partial charge is 0.238 e. The van der Waals surface area contributed by atoms with Crippen molar-refractivity contribution in [3.05, 3.63) is 0 Å². The Kier molecular flexibility index (Phi) is 15.5. The maximum Gasteiger partial charge on any atom is 0.238 e. The van der Waals surface area contributed by atoms with Gasteiger partial charge in [0.15, 0.2) is 0 Å². The third kappa shape index (κ3) is 13.4. The highest BCUT2D eigenvalue weighted by atomic mass is 16.2. The van der Waals surface area contributed by atoms with Gasteiger partial charge in [-0.15, -0.1) is 0 Å². The molecular formula is C18H39N13O6. The topological polar surface area (TPSA) is 371 Å². The highest BCUT2D eigenvalue weighted by molar-refractivity contribution is 5.88. The molecule has 19 heteroatoms. The molecule has 0 spiro atoms. The first-order chi connectivity index (χ1) is 17.2. The molecule has 0 aromatic carbocycles. The monoisotopic (exact) mass is 533 g/mol. The second-order valence-corrected chi connectivity index (χ2v) is 8.00. The Morgan fingerprint density at radius 3 is 0.865 bits per heavy atom. The number of nitrogens with one attached hydrogen (secondary N) is 5. The van der Waals surface area contributed by atoms with Gasteiger partial charge >= 0.3 is 0 Å². The maximum atomic E-state index is 12.1. The molecule has 0 saturated carbocycles. The summed E-state index contributed by atoms with van der Waals surface area (Å²) < 4.78 is 0. The van der Waals surface area contributed by atoms with E-state index in [9.17, 15) is 28.8 Å². The summed E-state index contributed by atoms with van der Waals surface area (Å²) in [6, 6.07) is -6.73. The molecule has 0 heterocycles. The average Bonchev–Trinajstić information content (AvgIpc) is 2.88. The molecule has 21 N–H and O–H groups in total. The van der Waals surface area contributed by atoms with Crippen molar-refractivity contribution >= 4 is 35.4 Å². The molecular weight excluding hydrogens is 494 g/mol. The molecule has 37 heavy (non-hydrogen) atoms. The van der Waals surface area contributed by atoms with Gasteiger partial charge in [0.05, 0.1) is 6.04 Å². The fourth-order valence-electron chi connectivity index (χ4n) is 2.29. The van der Waals surface area contributed by atoms with Crippen LogP contribution in [0.1, 0.15) is 0 Å². The van der Waals surface area contributed by atoms with Crippen LogP contribution in [0.5, 0.6) is 0 Å². The van der Waals surface area contributed by atoms with Gasteiger partial charge in [-0.05, 0) is 0 Å². The molecule has 0 radical (unpaired) electrons. The lowest BCUT2D eigenvalue weighted by molar-refractivity contribution is -0.125. The molecule has 0 aliphatic carbocycles. The van der Waals surface area contributed by atoms with Crippen LogP contribution >= 0.6 is 0 Å². The Morgan fingerprint density at radius 1 is 0.432 bits per heavy atom. The first-order valence-electron chi connectivity index (χ1n) is 11.1.